The predicted molar refractivity (Wildman–Crippen MR) is 80.5 cm³/mol. The SMILES string of the molecule is CS(=O)(=O)N1CCC(Nc2ncnc3sccc23)CC1. The van der Waals surface area contributed by atoms with Crippen molar-refractivity contribution in [1.82, 2.24) is 14.3 Å². The van der Waals surface area contributed by atoms with Gasteiger partial charge in [-0.2, -0.15) is 0 Å². The summed E-state index contributed by atoms with van der Waals surface area (Å²) in [6.07, 6.45) is 4.41. The third kappa shape index (κ3) is 2.77. The van der Waals surface area contributed by atoms with E-state index in [4.69, 9.17) is 0 Å². The van der Waals surface area contributed by atoms with Gasteiger partial charge in [0.2, 0.25) is 10.0 Å². The van der Waals surface area contributed by atoms with Crippen LogP contribution in [0.3, 0.4) is 0 Å². The fourth-order valence-corrected chi connectivity index (χ4v) is 4.04. The molecule has 3 heterocycles. The van der Waals surface area contributed by atoms with E-state index in [2.05, 4.69) is 15.3 Å². The Morgan fingerprint density at radius 2 is 2.10 bits per heavy atom. The third-order valence-electron chi connectivity index (χ3n) is 3.53. The second-order valence-electron chi connectivity index (χ2n) is 4.94. The van der Waals surface area contributed by atoms with Gasteiger partial charge in [-0.1, -0.05) is 0 Å². The molecule has 0 aromatic carbocycles. The van der Waals surface area contributed by atoms with Crippen molar-refractivity contribution in [2.45, 2.75) is 18.9 Å². The van der Waals surface area contributed by atoms with E-state index in [9.17, 15) is 8.42 Å². The van der Waals surface area contributed by atoms with E-state index in [1.807, 2.05) is 11.4 Å². The normalized spacial score (nSPS) is 18.4. The Labute approximate surface area is 121 Å². The molecule has 0 saturated carbocycles. The zero-order chi connectivity index (χ0) is 14.2. The first-order valence-electron chi connectivity index (χ1n) is 6.44. The van der Waals surface area contributed by atoms with Crippen LogP contribution in [0.5, 0.6) is 0 Å². The Hall–Kier alpha value is -1.25. The first kappa shape index (κ1) is 13.7. The minimum Gasteiger partial charge on any atom is -0.367 e. The highest BCUT2D eigenvalue weighted by molar-refractivity contribution is 7.88. The Balaban J connectivity index is 1.70. The van der Waals surface area contributed by atoms with Gasteiger partial charge >= 0.3 is 0 Å². The van der Waals surface area contributed by atoms with E-state index in [0.29, 0.717) is 13.1 Å². The smallest absolute Gasteiger partial charge is 0.211 e. The number of hydrogen-bond donors (Lipinski definition) is 1. The minimum absolute atomic E-state index is 0.256. The lowest BCUT2D eigenvalue weighted by molar-refractivity contribution is 0.331. The quantitative estimate of drug-likeness (QED) is 0.930. The molecule has 1 aliphatic heterocycles. The van der Waals surface area contributed by atoms with Crippen molar-refractivity contribution in [2.75, 3.05) is 24.7 Å². The Morgan fingerprint density at radius 1 is 1.35 bits per heavy atom. The standard InChI is InChI=1S/C12H16N4O2S2/c1-20(17,18)16-5-2-9(3-6-16)15-11-10-4-7-19-12(10)14-8-13-11/h4,7-9H,2-3,5-6H2,1H3,(H,13,14,15). The van der Waals surface area contributed by atoms with E-state index in [0.717, 1.165) is 28.9 Å². The van der Waals surface area contributed by atoms with Crippen LogP contribution in [0.2, 0.25) is 0 Å². The summed E-state index contributed by atoms with van der Waals surface area (Å²) in [7, 11) is -3.07. The average molecular weight is 312 g/mol. The van der Waals surface area contributed by atoms with Gasteiger partial charge < -0.3 is 5.32 Å². The van der Waals surface area contributed by atoms with Crippen molar-refractivity contribution in [3.05, 3.63) is 17.8 Å². The van der Waals surface area contributed by atoms with Crippen LogP contribution >= 0.6 is 11.3 Å². The number of nitrogens with one attached hydrogen (secondary N) is 1. The van der Waals surface area contributed by atoms with E-state index in [-0.39, 0.29) is 6.04 Å². The molecular weight excluding hydrogens is 296 g/mol. The Morgan fingerprint density at radius 3 is 2.80 bits per heavy atom. The van der Waals surface area contributed by atoms with Gasteiger partial charge in [0.1, 0.15) is 17.0 Å². The molecule has 0 atom stereocenters. The highest BCUT2D eigenvalue weighted by Gasteiger charge is 2.25. The van der Waals surface area contributed by atoms with Crippen LogP contribution in [0.4, 0.5) is 5.82 Å². The van der Waals surface area contributed by atoms with Gasteiger partial charge in [0.25, 0.3) is 0 Å². The molecule has 0 radical (unpaired) electrons. The highest BCUT2D eigenvalue weighted by Crippen LogP contribution is 2.25. The van der Waals surface area contributed by atoms with Crippen LogP contribution in [-0.2, 0) is 10.0 Å². The predicted octanol–water partition coefficient (Wildman–Crippen LogP) is 1.53. The molecular formula is C12H16N4O2S2. The van der Waals surface area contributed by atoms with Gasteiger partial charge in [0.15, 0.2) is 0 Å². The maximum absolute atomic E-state index is 11.5. The van der Waals surface area contributed by atoms with Crippen molar-refractivity contribution in [1.29, 1.82) is 0 Å². The van der Waals surface area contributed by atoms with E-state index < -0.39 is 10.0 Å². The molecule has 0 aliphatic carbocycles. The lowest BCUT2D eigenvalue weighted by Crippen LogP contribution is -2.41. The lowest BCUT2D eigenvalue weighted by Gasteiger charge is -2.30. The van der Waals surface area contributed by atoms with Gasteiger partial charge in [-0.05, 0) is 24.3 Å². The summed E-state index contributed by atoms with van der Waals surface area (Å²) in [4.78, 5) is 9.48. The zero-order valence-corrected chi connectivity index (χ0v) is 12.7. The van der Waals surface area contributed by atoms with Crippen LogP contribution in [0.1, 0.15) is 12.8 Å². The molecule has 0 amide bonds. The molecule has 1 fully saturated rings. The Bertz CT molecular complexity index is 705. The van der Waals surface area contributed by atoms with Crippen molar-refractivity contribution < 1.29 is 8.42 Å². The van der Waals surface area contributed by atoms with E-state index in [1.165, 1.54) is 10.6 Å². The number of thiophene rings is 1. The average Bonchev–Trinajstić information content (AvgIpc) is 2.88. The molecule has 1 N–H and O–H groups in total. The number of sulfonamides is 1. The molecule has 2 aromatic rings. The van der Waals surface area contributed by atoms with Crippen LogP contribution in [0, 0.1) is 0 Å². The van der Waals surface area contributed by atoms with Gasteiger partial charge in [-0.15, -0.1) is 11.3 Å². The van der Waals surface area contributed by atoms with Crippen LogP contribution in [-0.4, -0.2) is 48.1 Å². The second kappa shape index (κ2) is 5.27. The number of hydrogen-bond acceptors (Lipinski definition) is 6. The van der Waals surface area contributed by atoms with E-state index >= 15 is 0 Å². The van der Waals surface area contributed by atoms with E-state index in [1.54, 1.807) is 17.7 Å². The molecule has 6 nitrogen and oxygen atoms in total. The zero-order valence-electron chi connectivity index (χ0n) is 11.1. The van der Waals surface area contributed by atoms with Gasteiger partial charge in [-0.3, -0.25) is 0 Å². The second-order valence-corrected chi connectivity index (χ2v) is 7.82. The molecule has 1 aliphatic rings. The number of rotatable bonds is 3. The summed E-state index contributed by atoms with van der Waals surface area (Å²) in [6, 6.07) is 2.26. The van der Waals surface area contributed by atoms with Gasteiger partial charge in [0, 0.05) is 19.1 Å². The Kier molecular flexibility index (Phi) is 3.61. The third-order valence-corrected chi connectivity index (χ3v) is 5.65. The number of piperidine rings is 1. The summed E-state index contributed by atoms with van der Waals surface area (Å²) in [5, 5.41) is 6.44. The number of aromatic nitrogens is 2. The monoisotopic (exact) mass is 312 g/mol. The highest BCUT2D eigenvalue weighted by atomic mass is 32.2. The lowest BCUT2D eigenvalue weighted by atomic mass is 10.1. The van der Waals surface area contributed by atoms with Crippen molar-refractivity contribution >= 4 is 37.4 Å². The van der Waals surface area contributed by atoms with Gasteiger partial charge in [-0.25, -0.2) is 22.7 Å². The molecule has 0 spiro atoms. The largest absolute Gasteiger partial charge is 0.367 e. The van der Waals surface area contributed by atoms with Crippen LogP contribution in [0.15, 0.2) is 17.8 Å². The summed E-state index contributed by atoms with van der Waals surface area (Å²) in [6.45, 7) is 1.13. The minimum atomic E-state index is -3.07. The molecule has 3 rings (SSSR count). The molecule has 20 heavy (non-hydrogen) atoms. The molecule has 0 unspecified atom stereocenters. The maximum Gasteiger partial charge on any atom is 0.211 e. The molecule has 0 bridgehead atoms. The topological polar surface area (TPSA) is 75.2 Å². The number of nitrogens with zero attached hydrogens (tertiary/aromatic N) is 3. The fraction of sp³-hybridized carbons (Fsp3) is 0.500. The van der Waals surface area contributed by atoms with Crippen molar-refractivity contribution in [3.8, 4) is 0 Å². The van der Waals surface area contributed by atoms with Crippen LogP contribution < -0.4 is 5.32 Å². The summed E-state index contributed by atoms with van der Waals surface area (Å²) >= 11 is 1.59. The molecule has 2 aromatic heterocycles. The van der Waals surface area contributed by atoms with Crippen LogP contribution in [0.25, 0.3) is 10.2 Å². The fourth-order valence-electron chi connectivity index (χ4n) is 2.43. The molecule has 108 valence electrons. The summed E-state index contributed by atoms with van der Waals surface area (Å²) in [5.74, 6) is 0.842. The molecule has 8 heteroatoms. The number of anilines is 1. The maximum atomic E-state index is 11.5. The van der Waals surface area contributed by atoms with Crippen molar-refractivity contribution in [2.24, 2.45) is 0 Å². The summed E-state index contributed by atoms with van der Waals surface area (Å²) < 4.78 is 24.5. The van der Waals surface area contributed by atoms with Gasteiger partial charge in [0.05, 0.1) is 11.6 Å². The van der Waals surface area contributed by atoms with Crippen molar-refractivity contribution in [3.63, 3.8) is 0 Å². The summed E-state index contributed by atoms with van der Waals surface area (Å²) in [5.41, 5.74) is 0. The number of fused-ring (bicyclic) bond motifs is 1. The first-order valence-corrected chi connectivity index (χ1v) is 9.17. The first-order chi connectivity index (χ1) is 9.54. The molecule has 1 saturated heterocycles.